The maximum atomic E-state index is 13.2. The highest BCUT2D eigenvalue weighted by Gasteiger charge is 2.25. The van der Waals surface area contributed by atoms with E-state index in [1.165, 1.54) is 12.1 Å². The molecule has 0 aliphatic carbocycles. The zero-order valence-corrected chi connectivity index (χ0v) is 18.5. The highest BCUT2D eigenvalue weighted by Crippen LogP contribution is 2.17. The standard InChI is InChI=1S/C27H29FNO2/c1-27(2,3)29(30-4)19-23-12-10-21(11-13-23)8-9-22-14-16-26(17-15-22)31-20-24-6-5-7-25(28)18-24/h5-19H,20H2,1-4H3/q+1. The van der Waals surface area contributed by atoms with Gasteiger partial charge in [0.25, 0.3) is 0 Å². The molecule has 0 aromatic heterocycles. The minimum atomic E-state index is -0.252. The first-order valence-electron chi connectivity index (χ1n) is 10.3. The molecule has 0 N–H and O–H groups in total. The third-order valence-corrected chi connectivity index (χ3v) is 4.70. The molecule has 0 saturated heterocycles. The summed E-state index contributed by atoms with van der Waals surface area (Å²) >= 11 is 0. The maximum absolute atomic E-state index is 13.2. The average Bonchev–Trinajstić information content (AvgIpc) is 2.75. The quantitative estimate of drug-likeness (QED) is 0.193. The largest absolute Gasteiger partial charge is 0.489 e. The Kier molecular flexibility index (Phi) is 7.24. The van der Waals surface area contributed by atoms with Crippen LogP contribution < -0.4 is 4.74 Å². The molecule has 0 aliphatic heterocycles. The summed E-state index contributed by atoms with van der Waals surface area (Å²) in [5, 5.41) is 0. The fourth-order valence-corrected chi connectivity index (χ4v) is 3.01. The van der Waals surface area contributed by atoms with Gasteiger partial charge in [0.1, 0.15) is 25.3 Å². The molecule has 3 rings (SSSR count). The van der Waals surface area contributed by atoms with Crippen LogP contribution in [0.2, 0.25) is 0 Å². The number of benzene rings is 3. The summed E-state index contributed by atoms with van der Waals surface area (Å²) in [6.07, 6.45) is 6.13. The topological polar surface area (TPSA) is 21.5 Å². The molecule has 31 heavy (non-hydrogen) atoms. The van der Waals surface area contributed by atoms with E-state index in [0.717, 1.165) is 28.0 Å². The fourth-order valence-electron chi connectivity index (χ4n) is 3.01. The lowest BCUT2D eigenvalue weighted by molar-refractivity contribution is -0.821. The van der Waals surface area contributed by atoms with Crippen molar-refractivity contribution < 1.29 is 18.7 Å². The summed E-state index contributed by atoms with van der Waals surface area (Å²) in [5.74, 6) is 0.501. The molecule has 4 heteroatoms. The van der Waals surface area contributed by atoms with Crippen molar-refractivity contribution in [3.05, 3.63) is 101 Å². The second-order valence-corrected chi connectivity index (χ2v) is 8.30. The Morgan fingerprint density at radius 2 is 1.42 bits per heavy atom. The molecule has 3 aromatic rings. The molecule has 160 valence electrons. The van der Waals surface area contributed by atoms with Gasteiger partial charge in [-0.15, -0.1) is 0 Å². The van der Waals surface area contributed by atoms with Gasteiger partial charge >= 0.3 is 0 Å². The van der Waals surface area contributed by atoms with Gasteiger partial charge in [-0.2, -0.15) is 0 Å². The fraction of sp³-hybridized carbons (Fsp3) is 0.222. The van der Waals surface area contributed by atoms with E-state index in [2.05, 4.69) is 57.2 Å². The number of rotatable bonds is 7. The Morgan fingerprint density at radius 3 is 1.97 bits per heavy atom. The predicted molar refractivity (Wildman–Crippen MR) is 125 cm³/mol. The Morgan fingerprint density at radius 1 is 0.839 bits per heavy atom. The number of hydroxylamine groups is 1. The molecular formula is C27H29FNO2+. The van der Waals surface area contributed by atoms with Crippen molar-refractivity contribution >= 4 is 18.4 Å². The number of ether oxygens (including phenoxy) is 1. The van der Waals surface area contributed by atoms with Crippen molar-refractivity contribution in [1.82, 2.24) is 0 Å². The Hall–Kier alpha value is -3.40. The van der Waals surface area contributed by atoms with E-state index < -0.39 is 0 Å². The minimum absolute atomic E-state index is 0.111. The van der Waals surface area contributed by atoms with Crippen LogP contribution in [0.4, 0.5) is 4.39 Å². The summed E-state index contributed by atoms with van der Waals surface area (Å²) in [5.41, 5.74) is 3.96. The third-order valence-electron chi connectivity index (χ3n) is 4.70. The number of hydrogen-bond acceptors (Lipinski definition) is 2. The zero-order chi connectivity index (χ0) is 22.3. The molecule has 0 bridgehead atoms. The van der Waals surface area contributed by atoms with E-state index >= 15 is 0 Å². The summed E-state index contributed by atoms with van der Waals surface area (Å²) in [4.78, 5) is 5.45. The van der Waals surface area contributed by atoms with Crippen LogP contribution in [0, 0.1) is 5.82 Å². The van der Waals surface area contributed by atoms with Crippen molar-refractivity contribution in [2.24, 2.45) is 0 Å². The lowest BCUT2D eigenvalue weighted by Gasteiger charge is -2.13. The normalized spacial score (nSPS) is 12.2. The Balaban J connectivity index is 1.59. The van der Waals surface area contributed by atoms with Crippen molar-refractivity contribution in [2.75, 3.05) is 7.11 Å². The van der Waals surface area contributed by atoms with Crippen LogP contribution in [0.3, 0.4) is 0 Å². The average molecular weight is 419 g/mol. The molecule has 0 unspecified atom stereocenters. The lowest BCUT2D eigenvalue weighted by Crippen LogP contribution is -2.33. The molecule has 0 atom stereocenters. The molecule has 0 aliphatic rings. The predicted octanol–water partition coefficient (Wildman–Crippen LogP) is 6.37. The zero-order valence-electron chi connectivity index (χ0n) is 18.5. The summed E-state index contributed by atoms with van der Waals surface area (Å²) in [6.45, 7) is 6.64. The molecule has 0 heterocycles. The van der Waals surface area contributed by atoms with Gasteiger partial charge in [-0.3, -0.25) is 4.84 Å². The van der Waals surface area contributed by atoms with Crippen LogP contribution >= 0.6 is 0 Å². The first-order valence-corrected chi connectivity index (χ1v) is 10.3. The van der Waals surface area contributed by atoms with Gasteiger partial charge in [-0.25, -0.2) is 4.39 Å². The van der Waals surface area contributed by atoms with Crippen LogP contribution in [0.5, 0.6) is 5.75 Å². The third kappa shape index (κ3) is 6.82. The molecule has 0 radical (unpaired) electrons. The maximum Gasteiger partial charge on any atom is 0.223 e. The first kappa shape index (κ1) is 22.3. The van der Waals surface area contributed by atoms with Gasteiger partial charge in [0.15, 0.2) is 0 Å². The number of nitrogens with zero attached hydrogens (tertiary/aromatic N) is 1. The van der Waals surface area contributed by atoms with Crippen LogP contribution in [0.1, 0.15) is 43.0 Å². The Labute approximate surface area is 184 Å². The van der Waals surface area contributed by atoms with Crippen molar-refractivity contribution in [1.29, 1.82) is 0 Å². The number of hydrogen-bond donors (Lipinski definition) is 0. The molecule has 0 saturated carbocycles. The highest BCUT2D eigenvalue weighted by atomic mass is 19.1. The van der Waals surface area contributed by atoms with Gasteiger partial charge in [0.2, 0.25) is 11.8 Å². The van der Waals surface area contributed by atoms with E-state index in [-0.39, 0.29) is 11.4 Å². The molecular weight excluding hydrogens is 389 g/mol. The van der Waals surface area contributed by atoms with E-state index in [1.807, 2.05) is 41.3 Å². The second kappa shape index (κ2) is 10.1. The van der Waals surface area contributed by atoms with Gasteiger partial charge in [0, 0.05) is 26.3 Å². The van der Waals surface area contributed by atoms with Gasteiger partial charge < -0.3 is 4.74 Å². The van der Waals surface area contributed by atoms with E-state index in [1.54, 1.807) is 13.2 Å². The number of halogens is 1. The highest BCUT2D eigenvalue weighted by molar-refractivity contribution is 5.77. The first-order chi connectivity index (χ1) is 14.8. The summed E-state index contributed by atoms with van der Waals surface area (Å²) < 4.78 is 20.8. The minimum Gasteiger partial charge on any atom is -0.489 e. The van der Waals surface area contributed by atoms with Gasteiger partial charge in [-0.1, -0.05) is 48.6 Å². The lowest BCUT2D eigenvalue weighted by atomic mass is 10.1. The van der Waals surface area contributed by atoms with E-state index in [4.69, 9.17) is 9.57 Å². The summed E-state index contributed by atoms with van der Waals surface area (Å²) in [6, 6.07) is 22.6. The van der Waals surface area contributed by atoms with Gasteiger partial charge in [0.05, 0.1) is 0 Å². The summed E-state index contributed by atoms with van der Waals surface area (Å²) in [7, 11) is 1.68. The monoisotopic (exact) mass is 418 g/mol. The van der Waals surface area contributed by atoms with Crippen LogP contribution in [-0.2, 0) is 11.4 Å². The van der Waals surface area contributed by atoms with Crippen LogP contribution in [-0.4, -0.2) is 23.6 Å². The SMILES string of the molecule is CO[N+](=Cc1ccc(C=Cc2ccc(OCc3cccc(F)c3)cc2)cc1)C(C)(C)C. The second-order valence-electron chi connectivity index (χ2n) is 8.30. The van der Waals surface area contributed by atoms with Crippen molar-refractivity contribution in [3.63, 3.8) is 0 Å². The van der Waals surface area contributed by atoms with Crippen molar-refractivity contribution in [2.45, 2.75) is 32.9 Å². The van der Waals surface area contributed by atoms with E-state index in [0.29, 0.717) is 6.61 Å². The molecule has 3 aromatic carbocycles. The van der Waals surface area contributed by atoms with E-state index in [9.17, 15) is 4.39 Å². The smallest absolute Gasteiger partial charge is 0.223 e. The molecule has 3 nitrogen and oxygen atoms in total. The molecule has 0 spiro atoms. The molecule has 0 amide bonds. The van der Waals surface area contributed by atoms with Gasteiger partial charge in [-0.05, 0) is 57.8 Å². The van der Waals surface area contributed by atoms with Crippen LogP contribution in [0.25, 0.3) is 12.2 Å². The van der Waals surface area contributed by atoms with Crippen LogP contribution in [0.15, 0.2) is 72.8 Å². The molecule has 0 fully saturated rings. The van der Waals surface area contributed by atoms with Crippen molar-refractivity contribution in [3.8, 4) is 5.75 Å². The Bertz CT molecular complexity index is 1050.